The van der Waals surface area contributed by atoms with Gasteiger partial charge in [-0.05, 0) is 18.8 Å². The van der Waals surface area contributed by atoms with E-state index >= 15 is 0 Å². The van der Waals surface area contributed by atoms with Gasteiger partial charge in [-0.3, -0.25) is 19.4 Å². The van der Waals surface area contributed by atoms with Gasteiger partial charge in [-0.2, -0.15) is 0 Å². The molecule has 4 unspecified atom stereocenters. The minimum atomic E-state index is -1.38. The Morgan fingerprint density at radius 2 is 1.74 bits per heavy atom. The number of carboxylic acids is 1. The third kappa shape index (κ3) is 10.4. The summed E-state index contributed by atoms with van der Waals surface area (Å²) in [6, 6.07) is -4.76. The highest BCUT2D eigenvalue weighted by atomic mass is 16.4. The molecule has 15 nitrogen and oxygen atoms in total. The molecule has 0 aliphatic heterocycles. The van der Waals surface area contributed by atoms with Gasteiger partial charge >= 0.3 is 5.97 Å². The van der Waals surface area contributed by atoms with Gasteiger partial charge in [-0.1, -0.05) is 13.8 Å². The third-order valence-corrected chi connectivity index (χ3v) is 4.95. The van der Waals surface area contributed by atoms with E-state index in [9.17, 15) is 29.4 Å². The number of nitrogens with zero attached hydrogens (tertiary/aromatic N) is 2. The summed E-state index contributed by atoms with van der Waals surface area (Å²) in [6.07, 6.45) is 3.41. The first-order valence-corrected chi connectivity index (χ1v) is 11.0. The van der Waals surface area contributed by atoms with E-state index in [-0.39, 0.29) is 25.3 Å². The van der Waals surface area contributed by atoms with Crippen molar-refractivity contribution in [3.05, 3.63) is 18.2 Å². The average molecular weight is 498 g/mol. The minimum Gasteiger partial charge on any atom is -0.480 e. The van der Waals surface area contributed by atoms with Gasteiger partial charge < -0.3 is 48.3 Å². The Labute approximate surface area is 202 Å². The Morgan fingerprint density at radius 1 is 1.09 bits per heavy atom. The number of hydrogen-bond donors (Lipinski definition) is 9. The van der Waals surface area contributed by atoms with Crippen molar-refractivity contribution >= 4 is 29.7 Å². The zero-order chi connectivity index (χ0) is 26.5. The Morgan fingerprint density at radius 3 is 2.26 bits per heavy atom. The smallest absolute Gasteiger partial charge is 0.326 e. The second-order valence-electron chi connectivity index (χ2n) is 8.21. The summed E-state index contributed by atoms with van der Waals surface area (Å²) in [6.45, 7) is 2.73. The molecule has 0 aromatic carbocycles. The van der Waals surface area contributed by atoms with Gasteiger partial charge in [0.1, 0.15) is 18.1 Å². The molecule has 0 aliphatic carbocycles. The molecule has 0 spiro atoms. The van der Waals surface area contributed by atoms with Gasteiger partial charge in [0, 0.05) is 24.9 Å². The normalized spacial score (nSPS) is 14.3. The molecule has 35 heavy (non-hydrogen) atoms. The van der Waals surface area contributed by atoms with Crippen LogP contribution in [0.2, 0.25) is 0 Å². The summed E-state index contributed by atoms with van der Waals surface area (Å²) in [5, 5.41) is 26.2. The second kappa shape index (κ2) is 14.5. The maximum atomic E-state index is 12.8. The number of hydrogen-bond acceptors (Lipinski definition) is 8. The molecule has 0 bridgehead atoms. The van der Waals surface area contributed by atoms with Crippen LogP contribution in [0, 0.1) is 5.92 Å². The third-order valence-electron chi connectivity index (χ3n) is 4.95. The predicted octanol–water partition coefficient (Wildman–Crippen LogP) is -3.48. The number of aromatic amines is 1. The number of rotatable bonds is 15. The van der Waals surface area contributed by atoms with E-state index in [4.69, 9.17) is 17.2 Å². The summed E-state index contributed by atoms with van der Waals surface area (Å²) in [5.74, 6) is -4.08. The van der Waals surface area contributed by atoms with E-state index in [1.807, 2.05) is 0 Å². The maximum absolute atomic E-state index is 12.8. The topological polar surface area (TPSA) is 264 Å². The number of amides is 3. The predicted molar refractivity (Wildman–Crippen MR) is 126 cm³/mol. The Hall–Kier alpha value is -3.72. The lowest BCUT2D eigenvalue weighted by Gasteiger charge is -2.26. The number of aliphatic hydroxyl groups excluding tert-OH is 1. The lowest BCUT2D eigenvalue weighted by atomic mass is 10.0. The molecule has 1 aromatic heterocycles. The van der Waals surface area contributed by atoms with Gasteiger partial charge in [0.25, 0.3) is 0 Å². The van der Waals surface area contributed by atoms with Gasteiger partial charge in [-0.25, -0.2) is 9.78 Å². The van der Waals surface area contributed by atoms with E-state index < -0.39 is 60.4 Å². The molecular weight excluding hydrogens is 462 g/mol. The fraction of sp³-hybridized carbons (Fsp3) is 0.600. The lowest BCUT2D eigenvalue weighted by Crippen LogP contribution is -2.59. The van der Waals surface area contributed by atoms with Crippen molar-refractivity contribution in [3.8, 4) is 0 Å². The summed E-state index contributed by atoms with van der Waals surface area (Å²) in [4.78, 5) is 59.7. The van der Waals surface area contributed by atoms with Crippen LogP contribution in [0.15, 0.2) is 17.5 Å². The van der Waals surface area contributed by atoms with Crippen LogP contribution in [-0.2, 0) is 25.6 Å². The first-order chi connectivity index (χ1) is 16.5. The van der Waals surface area contributed by atoms with Gasteiger partial charge in [0.05, 0.1) is 19.0 Å². The number of nitrogens with two attached hydrogens (primary N) is 3. The number of aromatic nitrogens is 2. The van der Waals surface area contributed by atoms with Gasteiger partial charge in [0.15, 0.2) is 5.96 Å². The number of H-pyrrole nitrogens is 1. The van der Waals surface area contributed by atoms with Crippen molar-refractivity contribution in [2.45, 2.75) is 57.3 Å². The zero-order valence-electron chi connectivity index (χ0n) is 19.7. The standard InChI is InChI=1S/C20H35N9O6/c1-10(2)15(18(33)27-13(19(34)35)4-3-5-25-20(22)23)29-17(32)14(8-30)28-16(31)12(21)6-11-7-24-9-26-11/h7,9-10,12-15,30H,3-6,8,21H2,1-2H3,(H,24,26)(H,27,33)(H,28,31)(H,29,32)(H,34,35)(H4,22,23,25). The van der Waals surface area contributed by atoms with Crippen molar-refractivity contribution in [3.63, 3.8) is 0 Å². The minimum absolute atomic E-state index is 0.0557. The van der Waals surface area contributed by atoms with Crippen LogP contribution in [0.5, 0.6) is 0 Å². The van der Waals surface area contributed by atoms with Crippen LogP contribution in [0.4, 0.5) is 0 Å². The molecule has 15 heteroatoms. The summed E-state index contributed by atoms with van der Waals surface area (Å²) in [5.41, 5.74) is 16.9. The molecule has 1 aromatic rings. The van der Waals surface area contributed by atoms with Crippen molar-refractivity contribution < 1.29 is 29.4 Å². The van der Waals surface area contributed by atoms with Crippen LogP contribution < -0.4 is 33.2 Å². The van der Waals surface area contributed by atoms with E-state index in [1.54, 1.807) is 13.8 Å². The molecule has 0 radical (unpaired) electrons. The molecule has 1 rings (SSSR count). The highest BCUT2D eigenvalue weighted by molar-refractivity contribution is 5.94. The van der Waals surface area contributed by atoms with Crippen LogP contribution in [-0.4, -0.2) is 87.2 Å². The SMILES string of the molecule is CC(C)C(NC(=O)C(CO)NC(=O)C(N)Cc1cnc[nH]1)C(=O)NC(CCCN=C(N)N)C(=O)O. The highest BCUT2D eigenvalue weighted by Gasteiger charge is 2.31. The maximum Gasteiger partial charge on any atom is 0.326 e. The quantitative estimate of drug-likeness (QED) is 0.0656. The first kappa shape index (κ1) is 29.3. The molecule has 12 N–H and O–H groups in total. The molecule has 0 aliphatic rings. The average Bonchev–Trinajstić information content (AvgIpc) is 3.29. The molecule has 1 heterocycles. The number of aliphatic imine (C=N–C) groups is 1. The van der Waals surface area contributed by atoms with Crippen molar-refractivity contribution in [2.75, 3.05) is 13.2 Å². The molecule has 0 saturated heterocycles. The van der Waals surface area contributed by atoms with Gasteiger partial charge in [-0.15, -0.1) is 0 Å². The number of imidazole rings is 1. The molecule has 0 saturated carbocycles. The van der Waals surface area contributed by atoms with Gasteiger partial charge in [0.2, 0.25) is 17.7 Å². The molecule has 3 amide bonds. The number of carbonyl (C=O) groups is 4. The molecule has 196 valence electrons. The van der Waals surface area contributed by atoms with E-state index in [1.165, 1.54) is 12.5 Å². The number of carbonyl (C=O) groups excluding carboxylic acids is 3. The summed E-state index contributed by atoms with van der Waals surface area (Å²) >= 11 is 0. The van der Waals surface area contributed by atoms with Crippen molar-refractivity contribution in [1.82, 2.24) is 25.9 Å². The second-order valence-corrected chi connectivity index (χ2v) is 8.21. The molecule has 4 atom stereocenters. The van der Waals surface area contributed by atoms with E-state index in [0.29, 0.717) is 12.1 Å². The summed E-state index contributed by atoms with van der Waals surface area (Å²) < 4.78 is 0. The van der Waals surface area contributed by atoms with Crippen LogP contribution in [0.1, 0.15) is 32.4 Å². The van der Waals surface area contributed by atoms with Crippen molar-refractivity contribution in [1.29, 1.82) is 0 Å². The van der Waals surface area contributed by atoms with Crippen molar-refractivity contribution in [2.24, 2.45) is 28.1 Å². The van der Waals surface area contributed by atoms with E-state index in [2.05, 4.69) is 30.9 Å². The Balaban J connectivity index is 2.75. The Kier molecular flexibility index (Phi) is 12.2. The first-order valence-electron chi connectivity index (χ1n) is 11.0. The zero-order valence-corrected chi connectivity index (χ0v) is 19.7. The number of carboxylic acid groups (broad SMARTS) is 1. The van der Waals surface area contributed by atoms with E-state index in [0.717, 1.165) is 0 Å². The summed E-state index contributed by atoms with van der Waals surface area (Å²) in [7, 11) is 0. The highest BCUT2D eigenvalue weighted by Crippen LogP contribution is 2.06. The molecular formula is C20H35N9O6. The monoisotopic (exact) mass is 497 g/mol. The number of aliphatic hydroxyl groups is 1. The number of aliphatic carboxylic acids is 1. The lowest BCUT2D eigenvalue weighted by molar-refractivity contribution is -0.142. The Bertz CT molecular complexity index is 870. The fourth-order valence-electron chi connectivity index (χ4n) is 3.01. The largest absolute Gasteiger partial charge is 0.480 e. The van der Waals surface area contributed by atoms with Crippen LogP contribution in [0.3, 0.4) is 0 Å². The number of nitrogens with one attached hydrogen (secondary N) is 4. The molecule has 0 fully saturated rings. The van der Waals surface area contributed by atoms with Crippen LogP contribution >= 0.6 is 0 Å². The fourth-order valence-corrected chi connectivity index (χ4v) is 3.01. The number of guanidine groups is 1. The van der Waals surface area contributed by atoms with Crippen LogP contribution in [0.25, 0.3) is 0 Å².